The summed E-state index contributed by atoms with van der Waals surface area (Å²) in [5, 5.41) is 14.7. The number of nitrogens with zero attached hydrogens (tertiary/aromatic N) is 1. The summed E-state index contributed by atoms with van der Waals surface area (Å²) in [5.74, 6) is 2.51. The molecular weight excluding hydrogens is 372 g/mol. The molecule has 1 amide bonds. The van der Waals surface area contributed by atoms with Crippen LogP contribution in [0.5, 0.6) is 11.5 Å². The molecule has 0 unspecified atom stereocenters. The molecule has 5 rings (SSSR count). The molecular formula is C22H30N2O5. The van der Waals surface area contributed by atoms with Gasteiger partial charge in [-0.3, -0.25) is 14.9 Å². The summed E-state index contributed by atoms with van der Waals surface area (Å²) in [4.78, 5) is 24.2. The van der Waals surface area contributed by atoms with Crippen LogP contribution in [-0.2, 0) is 0 Å². The number of amides is 1. The number of nitro groups is 1. The molecule has 4 aliphatic carbocycles. The SMILES string of the molecule is CCOc1cc([N+](=O)[O-])c(C(=O)N[C@@H](C)C23CC4CC(CC(C4)C2)C3)cc1OC. The molecule has 0 radical (unpaired) electrons. The molecule has 158 valence electrons. The van der Waals surface area contributed by atoms with E-state index in [0.29, 0.717) is 12.4 Å². The van der Waals surface area contributed by atoms with Crippen LogP contribution in [0.1, 0.15) is 62.7 Å². The van der Waals surface area contributed by atoms with E-state index >= 15 is 0 Å². The average Bonchev–Trinajstić information content (AvgIpc) is 2.66. The first-order chi connectivity index (χ1) is 13.8. The van der Waals surface area contributed by atoms with Gasteiger partial charge in [0.15, 0.2) is 11.5 Å². The lowest BCUT2D eigenvalue weighted by Gasteiger charge is -2.59. The minimum absolute atomic E-state index is 0.0134. The number of hydrogen-bond donors (Lipinski definition) is 1. The zero-order valence-corrected chi connectivity index (χ0v) is 17.4. The van der Waals surface area contributed by atoms with Crippen molar-refractivity contribution in [1.29, 1.82) is 0 Å². The fraction of sp³-hybridized carbons (Fsp3) is 0.682. The van der Waals surface area contributed by atoms with Crippen molar-refractivity contribution >= 4 is 11.6 Å². The first-order valence-electron chi connectivity index (χ1n) is 10.6. The fourth-order valence-electron chi connectivity index (χ4n) is 6.45. The highest BCUT2D eigenvalue weighted by Gasteiger charge is 2.53. The van der Waals surface area contributed by atoms with Gasteiger partial charge in [0.25, 0.3) is 11.6 Å². The summed E-state index contributed by atoms with van der Waals surface area (Å²) in [5.41, 5.74) is -0.106. The molecule has 4 aliphatic rings. The van der Waals surface area contributed by atoms with Gasteiger partial charge in [-0.15, -0.1) is 0 Å². The van der Waals surface area contributed by atoms with Crippen molar-refractivity contribution in [2.45, 2.75) is 58.4 Å². The third-order valence-corrected chi connectivity index (χ3v) is 7.37. The zero-order valence-electron chi connectivity index (χ0n) is 17.4. The number of hydrogen-bond acceptors (Lipinski definition) is 5. The van der Waals surface area contributed by atoms with Crippen molar-refractivity contribution in [3.63, 3.8) is 0 Å². The second-order valence-corrected chi connectivity index (χ2v) is 9.19. The fourth-order valence-corrected chi connectivity index (χ4v) is 6.45. The van der Waals surface area contributed by atoms with E-state index in [1.54, 1.807) is 6.92 Å². The molecule has 0 heterocycles. The normalized spacial score (nSPS) is 30.7. The Bertz CT molecular complexity index is 786. The maximum Gasteiger partial charge on any atom is 0.286 e. The Balaban J connectivity index is 1.58. The highest BCUT2D eigenvalue weighted by molar-refractivity contribution is 5.99. The minimum Gasteiger partial charge on any atom is -0.493 e. The summed E-state index contributed by atoms with van der Waals surface area (Å²) >= 11 is 0. The van der Waals surface area contributed by atoms with Crippen LogP contribution in [0, 0.1) is 33.3 Å². The molecule has 29 heavy (non-hydrogen) atoms. The van der Waals surface area contributed by atoms with E-state index in [-0.39, 0.29) is 28.5 Å². The number of nitro benzene ring substituents is 1. The maximum atomic E-state index is 13.1. The van der Waals surface area contributed by atoms with Crippen molar-refractivity contribution in [2.24, 2.45) is 23.2 Å². The zero-order chi connectivity index (χ0) is 20.8. The van der Waals surface area contributed by atoms with E-state index in [4.69, 9.17) is 9.47 Å². The van der Waals surface area contributed by atoms with E-state index in [9.17, 15) is 14.9 Å². The smallest absolute Gasteiger partial charge is 0.286 e. The number of rotatable bonds is 7. The van der Waals surface area contributed by atoms with Crippen LogP contribution in [-0.4, -0.2) is 30.6 Å². The third-order valence-electron chi connectivity index (χ3n) is 7.37. The number of carbonyl (C=O) groups is 1. The van der Waals surface area contributed by atoms with E-state index in [1.165, 1.54) is 38.5 Å². The number of nitrogens with one attached hydrogen (secondary N) is 1. The summed E-state index contributed by atoms with van der Waals surface area (Å²) in [7, 11) is 1.46. The maximum absolute atomic E-state index is 13.1. The topological polar surface area (TPSA) is 90.7 Å². The van der Waals surface area contributed by atoms with Crippen LogP contribution in [0.3, 0.4) is 0 Å². The van der Waals surface area contributed by atoms with Gasteiger partial charge >= 0.3 is 0 Å². The quantitative estimate of drug-likeness (QED) is 0.541. The van der Waals surface area contributed by atoms with Gasteiger partial charge in [-0.2, -0.15) is 0 Å². The summed E-state index contributed by atoms with van der Waals surface area (Å²) in [6.07, 6.45) is 7.49. The Morgan fingerprint density at radius 1 is 1.21 bits per heavy atom. The van der Waals surface area contributed by atoms with Gasteiger partial charge in [-0.05, 0) is 75.5 Å². The van der Waals surface area contributed by atoms with Crippen LogP contribution in [0.2, 0.25) is 0 Å². The Labute approximate surface area is 171 Å². The van der Waals surface area contributed by atoms with Crippen molar-refractivity contribution in [3.05, 3.63) is 27.8 Å². The van der Waals surface area contributed by atoms with Crippen LogP contribution in [0.4, 0.5) is 5.69 Å². The summed E-state index contributed by atoms with van der Waals surface area (Å²) in [6.45, 7) is 4.21. The van der Waals surface area contributed by atoms with E-state index in [0.717, 1.165) is 37.0 Å². The third kappa shape index (κ3) is 3.55. The molecule has 7 heteroatoms. The van der Waals surface area contributed by atoms with Crippen molar-refractivity contribution < 1.29 is 19.2 Å². The Morgan fingerprint density at radius 3 is 2.28 bits per heavy atom. The lowest BCUT2D eigenvalue weighted by molar-refractivity contribution is -0.385. The lowest BCUT2D eigenvalue weighted by Crippen LogP contribution is -2.55. The Hall–Kier alpha value is -2.31. The average molecular weight is 402 g/mol. The standard InChI is InChI=1S/C22H30N2O5/c1-4-29-20-9-18(24(26)27)17(8-19(20)28-3)21(25)23-13(2)22-10-14-5-15(11-22)7-16(6-14)12-22/h8-9,13-16H,4-7,10-12H2,1-3H3,(H,23,25)/t13-,14?,15?,16?,22?/m0/s1. The molecule has 4 fully saturated rings. The van der Waals surface area contributed by atoms with Crippen molar-refractivity contribution in [1.82, 2.24) is 5.32 Å². The highest BCUT2D eigenvalue weighted by Crippen LogP contribution is 2.61. The van der Waals surface area contributed by atoms with Gasteiger partial charge in [0.05, 0.1) is 24.7 Å². The molecule has 4 bridgehead atoms. The second kappa shape index (κ2) is 7.50. The lowest BCUT2D eigenvalue weighted by atomic mass is 9.48. The number of benzene rings is 1. The summed E-state index contributed by atoms with van der Waals surface area (Å²) < 4.78 is 10.7. The summed E-state index contributed by atoms with van der Waals surface area (Å²) in [6, 6.07) is 2.69. The molecule has 0 saturated heterocycles. The Morgan fingerprint density at radius 2 is 1.79 bits per heavy atom. The second-order valence-electron chi connectivity index (χ2n) is 9.19. The van der Waals surface area contributed by atoms with Crippen LogP contribution in [0.15, 0.2) is 12.1 Å². The number of carbonyl (C=O) groups excluding carboxylic acids is 1. The van der Waals surface area contributed by atoms with Gasteiger partial charge in [0.1, 0.15) is 5.56 Å². The molecule has 0 spiro atoms. The van der Waals surface area contributed by atoms with E-state index in [1.807, 2.05) is 0 Å². The molecule has 1 N–H and O–H groups in total. The van der Waals surface area contributed by atoms with Crippen LogP contribution >= 0.6 is 0 Å². The van der Waals surface area contributed by atoms with Crippen LogP contribution < -0.4 is 14.8 Å². The first-order valence-corrected chi connectivity index (χ1v) is 10.6. The molecule has 1 aromatic carbocycles. The van der Waals surface area contributed by atoms with Crippen molar-refractivity contribution in [3.8, 4) is 11.5 Å². The first kappa shape index (κ1) is 20.0. The van der Waals surface area contributed by atoms with E-state index in [2.05, 4.69) is 12.2 Å². The molecule has 7 nitrogen and oxygen atoms in total. The predicted molar refractivity (Wildman–Crippen MR) is 108 cm³/mol. The van der Waals surface area contributed by atoms with Gasteiger partial charge in [0.2, 0.25) is 0 Å². The van der Waals surface area contributed by atoms with Crippen LogP contribution in [0.25, 0.3) is 0 Å². The Kier molecular flexibility index (Phi) is 5.17. The van der Waals surface area contributed by atoms with Gasteiger partial charge in [-0.25, -0.2) is 0 Å². The van der Waals surface area contributed by atoms with E-state index < -0.39 is 10.8 Å². The molecule has 0 aliphatic heterocycles. The number of ether oxygens (including phenoxy) is 2. The minimum atomic E-state index is -0.535. The molecule has 1 atom stereocenters. The largest absolute Gasteiger partial charge is 0.493 e. The highest BCUT2D eigenvalue weighted by atomic mass is 16.6. The molecule has 1 aromatic rings. The molecule has 4 saturated carbocycles. The number of methoxy groups -OCH3 is 1. The monoisotopic (exact) mass is 402 g/mol. The van der Waals surface area contributed by atoms with Crippen molar-refractivity contribution in [2.75, 3.05) is 13.7 Å². The predicted octanol–water partition coefficient (Wildman–Crippen LogP) is 4.34. The van der Waals surface area contributed by atoms with Gasteiger partial charge in [0, 0.05) is 12.1 Å². The van der Waals surface area contributed by atoms with Gasteiger partial charge in [-0.1, -0.05) is 0 Å². The van der Waals surface area contributed by atoms with Gasteiger partial charge < -0.3 is 14.8 Å². The molecule has 0 aromatic heterocycles.